The van der Waals surface area contributed by atoms with Crippen LogP contribution in [0.15, 0.2) is 34.5 Å². The van der Waals surface area contributed by atoms with Crippen LogP contribution in [-0.4, -0.2) is 39.0 Å². The number of sulfonamides is 1. The Morgan fingerprint density at radius 3 is 2.46 bits per heavy atom. The van der Waals surface area contributed by atoms with Crippen molar-refractivity contribution >= 4 is 44.6 Å². The number of aromatic carboxylic acids is 1. The maximum Gasteiger partial charge on any atom is 0.346 e. The number of aryl methyl sites for hydroxylation is 1. The SMILES string of the molecule is Cc1cc(S(=O)(=O)N2CC(C)C(=O)N(C)c3ccccc32)sc1C(=O)O. The molecule has 0 spiro atoms. The third kappa shape index (κ3) is 2.86. The van der Waals surface area contributed by atoms with Gasteiger partial charge in [-0.1, -0.05) is 19.1 Å². The van der Waals surface area contributed by atoms with Gasteiger partial charge in [-0.3, -0.25) is 9.10 Å². The van der Waals surface area contributed by atoms with Crippen molar-refractivity contribution in [2.24, 2.45) is 5.92 Å². The van der Waals surface area contributed by atoms with Crippen molar-refractivity contribution in [1.82, 2.24) is 0 Å². The van der Waals surface area contributed by atoms with E-state index in [0.29, 0.717) is 16.9 Å². The molecule has 1 aliphatic heterocycles. The Bertz CT molecular complexity index is 996. The summed E-state index contributed by atoms with van der Waals surface area (Å²) in [6, 6.07) is 8.15. The maximum absolute atomic E-state index is 13.3. The number of para-hydroxylation sites is 2. The number of amides is 1. The molecule has 2 aromatic rings. The van der Waals surface area contributed by atoms with Crippen molar-refractivity contribution in [3.05, 3.63) is 40.8 Å². The number of rotatable bonds is 3. The number of hydrogen-bond donors (Lipinski definition) is 1. The zero-order valence-corrected chi connectivity index (χ0v) is 16.1. The number of fused-ring (bicyclic) bond motifs is 1. The number of carbonyl (C=O) groups is 2. The van der Waals surface area contributed by atoms with Crippen LogP contribution in [0.3, 0.4) is 0 Å². The molecule has 0 aliphatic carbocycles. The Morgan fingerprint density at radius 2 is 1.88 bits per heavy atom. The van der Waals surface area contributed by atoms with Crippen LogP contribution in [0.1, 0.15) is 22.2 Å². The number of thiophene rings is 1. The van der Waals surface area contributed by atoms with Crippen LogP contribution in [0.25, 0.3) is 0 Å². The number of benzene rings is 1. The van der Waals surface area contributed by atoms with Gasteiger partial charge in [0.1, 0.15) is 9.09 Å². The Kier molecular flexibility index (Phi) is 4.53. The standard InChI is InChI=1S/C17H18N2O5S2/c1-10-8-14(25-15(10)17(21)22)26(23,24)19-9-11(2)16(20)18(3)12-6-4-5-7-13(12)19/h4-8,11H,9H2,1-3H3,(H,21,22). The predicted molar refractivity (Wildman–Crippen MR) is 99.6 cm³/mol. The van der Waals surface area contributed by atoms with Crippen molar-refractivity contribution in [1.29, 1.82) is 0 Å². The molecule has 26 heavy (non-hydrogen) atoms. The van der Waals surface area contributed by atoms with Crippen molar-refractivity contribution in [2.45, 2.75) is 18.1 Å². The molecular formula is C17H18N2O5S2. The number of carbonyl (C=O) groups excluding carboxylic acids is 1. The van der Waals surface area contributed by atoms with E-state index in [9.17, 15) is 23.1 Å². The van der Waals surface area contributed by atoms with Crippen LogP contribution >= 0.6 is 11.3 Å². The van der Waals surface area contributed by atoms with E-state index in [2.05, 4.69) is 0 Å². The molecule has 0 saturated heterocycles. The highest BCUT2D eigenvalue weighted by atomic mass is 32.2. The summed E-state index contributed by atoms with van der Waals surface area (Å²) >= 11 is 0.725. The molecule has 0 bridgehead atoms. The predicted octanol–water partition coefficient (Wildman–Crippen LogP) is 2.56. The number of nitrogens with zero attached hydrogens (tertiary/aromatic N) is 2. The molecule has 2 heterocycles. The lowest BCUT2D eigenvalue weighted by Crippen LogP contribution is -2.37. The molecule has 1 unspecified atom stereocenters. The van der Waals surface area contributed by atoms with Crippen LogP contribution in [0, 0.1) is 12.8 Å². The van der Waals surface area contributed by atoms with Gasteiger partial charge >= 0.3 is 5.97 Å². The fourth-order valence-electron chi connectivity index (χ4n) is 2.96. The van der Waals surface area contributed by atoms with Gasteiger partial charge in [-0.05, 0) is 30.7 Å². The largest absolute Gasteiger partial charge is 0.477 e. The van der Waals surface area contributed by atoms with E-state index < -0.39 is 21.9 Å². The molecule has 1 aliphatic rings. The highest BCUT2D eigenvalue weighted by molar-refractivity contribution is 7.94. The number of carboxylic acid groups (broad SMARTS) is 1. The zero-order chi connectivity index (χ0) is 19.2. The molecule has 3 rings (SSSR count). The zero-order valence-electron chi connectivity index (χ0n) is 14.5. The van der Waals surface area contributed by atoms with Crippen LogP contribution < -0.4 is 9.21 Å². The van der Waals surface area contributed by atoms with E-state index in [1.165, 1.54) is 15.3 Å². The smallest absolute Gasteiger partial charge is 0.346 e. The highest BCUT2D eigenvalue weighted by Gasteiger charge is 2.36. The molecule has 7 nitrogen and oxygen atoms in total. The molecule has 138 valence electrons. The summed E-state index contributed by atoms with van der Waals surface area (Å²) in [4.78, 5) is 25.2. The second kappa shape index (κ2) is 6.40. The Morgan fingerprint density at radius 1 is 1.27 bits per heavy atom. The number of hydrogen-bond acceptors (Lipinski definition) is 5. The summed E-state index contributed by atoms with van der Waals surface area (Å²) in [7, 11) is -2.39. The molecule has 1 amide bonds. The molecule has 9 heteroatoms. The van der Waals surface area contributed by atoms with Gasteiger partial charge in [0.15, 0.2) is 0 Å². The van der Waals surface area contributed by atoms with Gasteiger partial charge in [-0.25, -0.2) is 13.2 Å². The summed E-state index contributed by atoms with van der Waals surface area (Å²) in [5.74, 6) is -1.88. The van der Waals surface area contributed by atoms with E-state index in [0.717, 1.165) is 11.3 Å². The first-order valence-electron chi connectivity index (χ1n) is 7.87. The van der Waals surface area contributed by atoms with E-state index in [-0.39, 0.29) is 21.5 Å². The van der Waals surface area contributed by atoms with Crippen molar-refractivity contribution < 1.29 is 23.1 Å². The van der Waals surface area contributed by atoms with Crippen LogP contribution in [-0.2, 0) is 14.8 Å². The average Bonchev–Trinajstić information content (AvgIpc) is 2.97. The fourth-order valence-corrected chi connectivity index (χ4v) is 6.02. The molecule has 1 N–H and O–H groups in total. The van der Waals surface area contributed by atoms with Gasteiger partial charge in [0.25, 0.3) is 10.0 Å². The summed E-state index contributed by atoms with van der Waals surface area (Å²) in [5.41, 5.74) is 1.29. The Labute approximate surface area is 155 Å². The van der Waals surface area contributed by atoms with Gasteiger partial charge in [0.05, 0.1) is 17.3 Å². The molecular weight excluding hydrogens is 376 g/mol. The van der Waals surface area contributed by atoms with E-state index in [1.54, 1.807) is 45.2 Å². The lowest BCUT2D eigenvalue weighted by atomic mass is 10.1. The summed E-state index contributed by atoms with van der Waals surface area (Å²) in [5, 5.41) is 9.22. The molecule has 1 aromatic heterocycles. The normalized spacial score (nSPS) is 17.8. The van der Waals surface area contributed by atoms with Gasteiger partial charge in [0, 0.05) is 13.6 Å². The summed E-state index contributed by atoms with van der Waals surface area (Å²) in [6.07, 6.45) is 0. The molecule has 0 radical (unpaired) electrons. The third-order valence-corrected chi connectivity index (χ3v) is 7.79. The summed E-state index contributed by atoms with van der Waals surface area (Å²) < 4.78 is 27.7. The second-order valence-electron chi connectivity index (χ2n) is 6.21. The van der Waals surface area contributed by atoms with Crippen molar-refractivity contribution in [3.63, 3.8) is 0 Å². The molecule has 0 fully saturated rings. The minimum Gasteiger partial charge on any atom is -0.477 e. The quantitative estimate of drug-likeness (QED) is 0.863. The van der Waals surface area contributed by atoms with Crippen LogP contribution in [0.2, 0.25) is 0 Å². The first-order chi connectivity index (χ1) is 12.1. The first kappa shape index (κ1) is 18.4. The van der Waals surface area contributed by atoms with E-state index in [1.807, 2.05) is 0 Å². The van der Waals surface area contributed by atoms with Crippen molar-refractivity contribution in [3.8, 4) is 0 Å². The Hall–Kier alpha value is -2.39. The van der Waals surface area contributed by atoms with E-state index >= 15 is 0 Å². The lowest BCUT2D eigenvalue weighted by molar-refractivity contribution is -0.121. The monoisotopic (exact) mass is 394 g/mol. The van der Waals surface area contributed by atoms with Crippen molar-refractivity contribution in [2.75, 3.05) is 22.8 Å². The van der Waals surface area contributed by atoms with Crippen LogP contribution in [0.4, 0.5) is 11.4 Å². The molecule has 1 aromatic carbocycles. The van der Waals surface area contributed by atoms with Gasteiger partial charge in [-0.2, -0.15) is 0 Å². The minimum atomic E-state index is -4.00. The van der Waals surface area contributed by atoms with Gasteiger partial charge in [-0.15, -0.1) is 11.3 Å². The average molecular weight is 394 g/mol. The summed E-state index contributed by atoms with van der Waals surface area (Å²) in [6.45, 7) is 3.23. The van der Waals surface area contributed by atoms with E-state index in [4.69, 9.17) is 0 Å². The van der Waals surface area contributed by atoms with Gasteiger partial charge < -0.3 is 10.0 Å². The third-order valence-electron chi connectivity index (χ3n) is 4.34. The van der Waals surface area contributed by atoms with Crippen LogP contribution in [0.5, 0.6) is 0 Å². The molecule has 1 atom stereocenters. The number of carboxylic acids is 1. The minimum absolute atomic E-state index is 0.00655. The van der Waals surface area contributed by atoms with Gasteiger partial charge in [0.2, 0.25) is 5.91 Å². The first-order valence-corrected chi connectivity index (χ1v) is 10.1. The Balaban J connectivity index is 2.18. The molecule has 0 saturated carbocycles. The number of anilines is 2. The second-order valence-corrected chi connectivity index (χ2v) is 9.35. The lowest BCUT2D eigenvalue weighted by Gasteiger charge is -2.24. The highest BCUT2D eigenvalue weighted by Crippen LogP contribution is 2.38. The fraction of sp³-hybridized carbons (Fsp3) is 0.294. The topological polar surface area (TPSA) is 95.0 Å². The maximum atomic E-state index is 13.3.